The predicted molar refractivity (Wildman–Crippen MR) is 146 cm³/mol. The van der Waals surface area contributed by atoms with Crippen molar-refractivity contribution in [1.82, 2.24) is 0 Å². The van der Waals surface area contributed by atoms with Gasteiger partial charge < -0.3 is 74.1 Å². The Morgan fingerprint density at radius 2 is 1.39 bits per heavy atom. The number of phenolic OH excluding ortho intramolecular Hbond substituents is 2. The van der Waals surface area contributed by atoms with Gasteiger partial charge in [0.1, 0.15) is 58.7 Å². The Morgan fingerprint density at radius 3 is 2.02 bits per heavy atom. The monoisotopic (exact) mass is 652 g/mol. The number of carboxylic acids is 2. The molecule has 2 aromatic carbocycles. The lowest BCUT2D eigenvalue weighted by molar-refractivity contribution is -0.350. The van der Waals surface area contributed by atoms with Crippen LogP contribution in [0.4, 0.5) is 0 Å². The predicted octanol–water partition coefficient (Wildman–Crippen LogP) is -1.93. The van der Waals surface area contributed by atoms with E-state index in [1.807, 2.05) is 0 Å². The molecule has 0 radical (unpaired) electrons. The van der Waals surface area contributed by atoms with Gasteiger partial charge in [-0.05, 0) is 18.2 Å². The summed E-state index contributed by atoms with van der Waals surface area (Å²) < 4.78 is 32.4. The average molecular weight is 653 g/mol. The lowest BCUT2D eigenvalue weighted by Gasteiger charge is -2.44. The van der Waals surface area contributed by atoms with Gasteiger partial charge in [-0.15, -0.1) is 0 Å². The number of aliphatic hydroxyl groups excluding tert-OH is 5. The van der Waals surface area contributed by atoms with E-state index in [0.717, 1.165) is 18.2 Å². The summed E-state index contributed by atoms with van der Waals surface area (Å²) in [6.07, 6.45) is -20.9. The first-order valence-electron chi connectivity index (χ1n) is 13.4. The topological polar surface area (TPSA) is 293 Å². The van der Waals surface area contributed by atoms with Crippen LogP contribution in [0.2, 0.25) is 0 Å². The van der Waals surface area contributed by atoms with Gasteiger partial charge in [-0.2, -0.15) is 0 Å². The van der Waals surface area contributed by atoms with E-state index in [2.05, 4.69) is 0 Å². The fraction of sp³-hybridized carbons (Fsp3) is 0.393. The van der Waals surface area contributed by atoms with Crippen molar-refractivity contribution in [2.75, 3.05) is 7.11 Å². The number of methoxy groups -OCH3 is 1. The molecule has 2 saturated heterocycles. The maximum atomic E-state index is 12.9. The molecule has 0 unspecified atom stereocenters. The van der Waals surface area contributed by atoms with Gasteiger partial charge in [0.25, 0.3) is 0 Å². The number of benzene rings is 2. The smallest absolute Gasteiger partial charge is 0.335 e. The lowest BCUT2D eigenvalue weighted by Crippen LogP contribution is -2.66. The van der Waals surface area contributed by atoms with Crippen LogP contribution in [0, 0.1) is 0 Å². The summed E-state index contributed by atoms with van der Waals surface area (Å²) in [7, 11) is 1.31. The minimum atomic E-state index is -2.17. The molecule has 248 valence electrons. The molecular weight excluding hydrogens is 624 g/mol. The number of aliphatic hydroxyl groups is 5. The molecule has 18 heteroatoms. The zero-order chi connectivity index (χ0) is 33.6. The van der Waals surface area contributed by atoms with E-state index in [4.69, 9.17) is 28.1 Å². The maximum Gasteiger partial charge on any atom is 0.335 e. The first-order valence-corrected chi connectivity index (χ1v) is 13.4. The molecule has 2 aliphatic rings. The number of ether oxygens (including phenoxy) is 5. The molecule has 18 nitrogen and oxygen atoms in total. The van der Waals surface area contributed by atoms with Gasteiger partial charge in [-0.1, -0.05) is 0 Å². The van der Waals surface area contributed by atoms with Crippen LogP contribution in [-0.2, 0) is 23.8 Å². The van der Waals surface area contributed by atoms with Crippen molar-refractivity contribution in [2.45, 2.75) is 61.4 Å². The van der Waals surface area contributed by atoms with Crippen molar-refractivity contribution in [3.8, 4) is 34.3 Å². The third-order valence-corrected chi connectivity index (χ3v) is 7.39. The first kappa shape index (κ1) is 32.9. The summed E-state index contributed by atoms with van der Waals surface area (Å²) in [5, 5.41) is 90.8. The molecule has 0 amide bonds. The van der Waals surface area contributed by atoms with Crippen LogP contribution in [0.15, 0.2) is 45.6 Å². The van der Waals surface area contributed by atoms with E-state index in [1.165, 1.54) is 25.3 Å². The molecule has 46 heavy (non-hydrogen) atoms. The summed E-state index contributed by atoms with van der Waals surface area (Å²) in [6, 6.07) is 7.18. The third kappa shape index (κ3) is 6.02. The Morgan fingerprint density at radius 1 is 0.761 bits per heavy atom. The molecule has 1 aromatic heterocycles. The van der Waals surface area contributed by atoms with Gasteiger partial charge in [0, 0.05) is 23.8 Å². The van der Waals surface area contributed by atoms with Crippen LogP contribution in [0.5, 0.6) is 23.0 Å². The van der Waals surface area contributed by atoms with E-state index in [1.54, 1.807) is 0 Å². The standard InChI is InChI=1S/C28H28O18/c1-41-14-4-8(2-3-10(14)29)13-7-12(31)16-11(30)5-9(6-15(16)43-13)42-28-24(20(35)19(34)23(45-28)26(39)40)46-27-21(36)17(32)18(33)22(44-27)25(37)38/h2-7,17-24,27-30,32-36H,1H3,(H,37,38)(H,39,40)/t17-,18+,19-,20-,21-,22-,23-,24+,27+,28-/m1/s1. The second-order valence-electron chi connectivity index (χ2n) is 10.4. The van der Waals surface area contributed by atoms with Crippen molar-refractivity contribution >= 4 is 22.9 Å². The highest BCUT2D eigenvalue weighted by molar-refractivity contribution is 5.86. The van der Waals surface area contributed by atoms with Crippen LogP contribution < -0.4 is 14.9 Å². The van der Waals surface area contributed by atoms with Gasteiger partial charge >= 0.3 is 11.9 Å². The fourth-order valence-corrected chi connectivity index (χ4v) is 5.02. The molecule has 3 heterocycles. The molecular formula is C28H28O18. The Kier molecular flexibility index (Phi) is 9.07. The largest absolute Gasteiger partial charge is 0.507 e. The van der Waals surface area contributed by atoms with Crippen molar-refractivity contribution in [3.63, 3.8) is 0 Å². The summed E-state index contributed by atoms with van der Waals surface area (Å²) in [5.74, 6) is -4.64. The summed E-state index contributed by atoms with van der Waals surface area (Å²) in [4.78, 5) is 36.2. The number of fused-ring (bicyclic) bond motifs is 1. The second-order valence-corrected chi connectivity index (χ2v) is 10.4. The number of phenols is 2. The van der Waals surface area contributed by atoms with Crippen LogP contribution in [0.1, 0.15) is 0 Å². The van der Waals surface area contributed by atoms with E-state index in [0.29, 0.717) is 5.56 Å². The van der Waals surface area contributed by atoms with Crippen LogP contribution >= 0.6 is 0 Å². The number of carboxylic acid groups (broad SMARTS) is 2. The number of aliphatic carboxylic acids is 2. The molecule has 0 spiro atoms. The molecule has 5 rings (SSSR count). The lowest BCUT2D eigenvalue weighted by atomic mass is 9.97. The highest BCUT2D eigenvalue weighted by atomic mass is 16.8. The van der Waals surface area contributed by atoms with Gasteiger partial charge in [0.2, 0.25) is 6.29 Å². The molecule has 0 aliphatic carbocycles. The van der Waals surface area contributed by atoms with Gasteiger partial charge in [-0.25, -0.2) is 9.59 Å². The van der Waals surface area contributed by atoms with E-state index >= 15 is 0 Å². The molecule has 3 aromatic rings. The van der Waals surface area contributed by atoms with Crippen molar-refractivity contribution in [1.29, 1.82) is 0 Å². The van der Waals surface area contributed by atoms with Crippen molar-refractivity contribution in [3.05, 3.63) is 46.6 Å². The Labute approximate surface area is 256 Å². The highest BCUT2D eigenvalue weighted by Crippen LogP contribution is 2.36. The molecule has 0 bridgehead atoms. The van der Waals surface area contributed by atoms with Crippen LogP contribution in [0.3, 0.4) is 0 Å². The van der Waals surface area contributed by atoms with E-state index in [-0.39, 0.29) is 34.0 Å². The third-order valence-electron chi connectivity index (χ3n) is 7.39. The maximum absolute atomic E-state index is 12.9. The summed E-state index contributed by atoms with van der Waals surface area (Å²) >= 11 is 0. The number of carbonyl (C=O) groups is 2. The number of rotatable bonds is 8. The normalized spacial score (nSPS) is 31.3. The summed E-state index contributed by atoms with van der Waals surface area (Å²) in [6.45, 7) is 0. The highest BCUT2D eigenvalue weighted by Gasteiger charge is 2.54. The second kappa shape index (κ2) is 12.7. The average Bonchev–Trinajstić information content (AvgIpc) is 3.00. The van der Waals surface area contributed by atoms with Gasteiger partial charge in [0.05, 0.1) is 7.11 Å². The quantitative estimate of drug-likeness (QED) is 0.128. The minimum absolute atomic E-state index is 0.0240. The SMILES string of the molecule is COc1cc(-c2cc(=O)c3c(O)cc(O[C@@H]4O[C@@H](C(=O)O)[C@H](O)[C@@H](O)[C@@H]4O[C@@H]4O[C@@H](C(=O)O)[C@@H](O)[C@@H](O)[C@H]4O)cc3o2)ccc1O. The van der Waals surface area contributed by atoms with E-state index < -0.39 is 84.5 Å². The van der Waals surface area contributed by atoms with Crippen molar-refractivity contribution in [2.24, 2.45) is 0 Å². The first-order chi connectivity index (χ1) is 21.7. The molecule has 2 fully saturated rings. The zero-order valence-electron chi connectivity index (χ0n) is 23.4. The van der Waals surface area contributed by atoms with Crippen molar-refractivity contribution < 1.29 is 83.6 Å². The zero-order valence-corrected chi connectivity index (χ0v) is 23.4. The number of hydrogen-bond donors (Lipinski definition) is 9. The molecule has 10 atom stereocenters. The molecule has 9 N–H and O–H groups in total. The Balaban J connectivity index is 1.51. The Hall–Kier alpha value is -4.53. The van der Waals surface area contributed by atoms with Crippen LogP contribution in [-0.4, -0.2) is 126 Å². The summed E-state index contributed by atoms with van der Waals surface area (Å²) in [5.41, 5.74) is -0.646. The van der Waals surface area contributed by atoms with E-state index in [9.17, 15) is 60.3 Å². The van der Waals surface area contributed by atoms with Gasteiger partial charge in [-0.3, -0.25) is 4.79 Å². The van der Waals surface area contributed by atoms with Gasteiger partial charge in [0.15, 0.2) is 41.5 Å². The number of aromatic hydroxyl groups is 2. The minimum Gasteiger partial charge on any atom is -0.507 e. The Bertz CT molecular complexity index is 1690. The number of hydrogen-bond acceptors (Lipinski definition) is 16. The molecule has 2 aliphatic heterocycles. The van der Waals surface area contributed by atoms with Crippen LogP contribution in [0.25, 0.3) is 22.3 Å². The fourth-order valence-electron chi connectivity index (χ4n) is 5.02. The molecule has 0 saturated carbocycles.